The first-order chi connectivity index (χ1) is 5.33. The molecule has 2 saturated heterocycles. The Hall–Kier alpha value is -0.120. The number of rotatable bonds is 0. The summed E-state index contributed by atoms with van der Waals surface area (Å²) in [7, 11) is 2.23. The van der Waals surface area contributed by atoms with Crippen LogP contribution in [-0.4, -0.2) is 43.8 Å². The van der Waals surface area contributed by atoms with Crippen LogP contribution in [0.5, 0.6) is 0 Å². The fourth-order valence-electron chi connectivity index (χ4n) is 2.21. The van der Waals surface area contributed by atoms with Crippen LogP contribution in [0, 0.1) is 0 Å². The maximum absolute atomic E-state index is 3.43. The lowest BCUT2D eigenvalue weighted by Crippen LogP contribution is -2.51. The van der Waals surface area contributed by atoms with E-state index in [1.54, 1.807) is 0 Å². The third-order valence-corrected chi connectivity index (χ3v) is 3.15. The van der Waals surface area contributed by atoms with Crippen LogP contribution in [0.4, 0.5) is 0 Å². The Morgan fingerprint density at radius 2 is 1.91 bits per heavy atom. The van der Waals surface area contributed by atoms with Gasteiger partial charge in [-0.05, 0) is 33.0 Å². The molecule has 64 valence electrons. The molecular weight excluding hydrogens is 138 g/mol. The highest BCUT2D eigenvalue weighted by atomic mass is 15.3. The van der Waals surface area contributed by atoms with Gasteiger partial charge in [-0.25, -0.2) is 0 Å². The number of hydrogen-bond donors (Lipinski definition) is 2. The van der Waals surface area contributed by atoms with E-state index in [9.17, 15) is 0 Å². The van der Waals surface area contributed by atoms with Crippen LogP contribution in [0.2, 0.25) is 0 Å². The third kappa shape index (κ3) is 1.17. The van der Waals surface area contributed by atoms with Crippen LogP contribution in [0.25, 0.3) is 0 Å². The highest BCUT2D eigenvalue weighted by Crippen LogP contribution is 2.26. The quantitative estimate of drug-likeness (QED) is 0.498. The molecule has 0 radical (unpaired) electrons. The molecular formula is C8H17N3. The summed E-state index contributed by atoms with van der Waals surface area (Å²) in [6.07, 6.45) is 2.60. The van der Waals surface area contributed by atoms with Crippen LogP contribution in [0.3, 0.4) is 0 Å². The molecule has 0 aromatic carbocycles. The van der Waals surface area contributed by atoms with E-state index in [0.29, 0.717) is 5.54 Å². The van der Waals surface area contributed by atoms with Crippen molar-refractivity contribution in [1.29, 1.82) is 0 Å². The van der Waals surface area contributed by atoms with Crippen molar-refractivity contribution in [2.24, 2.45) is 0 Å². The van der Waals surface area contributed by atoms with Crippen LogP contribution in [0.1, 0.15) is 12.8 Å². The molecule has 0 saturated carbocycles. The van der Waals surface area contributed by atoms with E-state index in [-0.39, 0.29) is 0 Å². The maximum Gasteiger partial charge on any atom is 0.0483 e. The first kappa shape index (κ1) is 7.53. The minimum Gasteiger partial charge on any atom is -0.317 e. The van der Waals surface area contributed by atoms with E-state index in [4.69, 9.17) is 0 Å². The van der Waals surface area contributed by atoms with Gasteiger partial charge in [0.2, 0.25) is 0 Å². The third-order valence-electron chi connectivity index (χ3n) is 3.15. The molecule has 0 aromatic rings. The molecule has 3 heteroatoms. The standard InChI is InChI=1S/C8H17N3/c1-11-7-10-6-8(11)2-4-9-5-3-8/h9-10H,2-7H2,1H3. The first-order valence-electron chi connectivity index (χ1n) is 4.46. The van der Waals surface area contributed by atoms with Crippen LogP contribution >= 0.6 is 0 Å². The molecule has 2 rings (SSSR count). The second-order valence-corrected chi connectivity index (χ2v) is 3.76. The van der Waals surface area contributed by atoms with Crippen molar-refractivity contribution < 1.29 is 0 Å². The molecule has 0 aliphatic carbocycles. The Balaban J connectivity index is 2.06. The monoisotopic (exact) mass is 155 g/mol. The largest absolute Gasteiger partial charge is 0.317 e. The summed E-state index contributed by atoms with van der Waals surface area (Å²) in [6.45, 7) is 4.63. The molecule has 2 heterocycles. The number of hydrogen-bond acceptors (Lipinski definition) is 3. The van der Waals surface area contributed by atoms with Gasteiger partial charge in [-0.3, -0.25) is 4.90 Å². The zero-order valence-electron chi connectivity index (χ0n) is 7.19. The van der Waals surface area contributed by atoms with Gasteiger partial charge in [0.15, 0.2) is 0 Å². The lowest BCUT2D eigenvalue weighted by Gasteiger charge is -2.38. The van der Waals surface area contributed by atoms with E-state index >= 15 is 0 Å². The van der Waals surface area contributed by atoms with Crippen molar-refractivity contribution >= 4 is 0 Å². The minimum absolute atomic E-state index is 0.491. The van der Waals surface area contributed by atoms with E-state index in [0.717, 1.165) is 6.67 Å². The van der Waals surface area contributed by atoms with E-state index < -0.39 is 0 Å². The molecule has 2 aliphatic heterocycles. The number of nitrogens with one attached hydrogen (secondary N) is 2. The highest BCUT2D eigenvalue weighted by Gasteiger charge is 2.38. The van der Waals surface area contributed by atoms with Crippen molar-refractivity contribution in [3.8, 4) is 0 Å². The van der Waals surface area contributed by atoms with Gasteiger partial charge in [-0.1, -0.05) is 0 Å². The maximum atomic E-state index is 3.43. The smallest absolute Gasteiger partial charge is 0.0483 e. The van der Waals surface area contributed by atoms with Gasteiger partial charge >= 0.3 is 0 Å². The zero-order valence-corrected chi connectivity index (χ0v) is 7.19. The fraction of sp³-hybridized carbons (Fsp3) is 1.00. The van der Waals surface area contributed by atoms with Gasteiger partial charge in [0.25, 0.3) is 0 Å². The predicted octanol–water partition coefficient (Wildman–Crippen LogP) is -0.399. The second kappa shape index (κ2) is 2.73. The van der Waals surface area contributed by atoms with Gasteiger partial charge in [-0.2, -0.15) is 0 Å². The summed E-state index contributed by atoms with van der Waals surface area (Å²) < 4.78 is 0. The lowest BCUT2D eigenvalue weighted by atomic mass is 9.88. The topological polar surface area (TPSA) is 27.3 Å². The molecule has 2 aliphatic rings. The van der Waals surface area contributed by atoms with Gasteiger partial charge < -0.3 is 10.6 Å². The molecule has 0 amide bonds. The Morgan fingerprint density at radius 3 is 2.45 bits per heavy atom. The van der Waals surface area contributed by atoms with Crippen molar-refractivity contribution in [1.82, 2.24) is 15.5 Å². The van der Waals surface area contributed by atoms with Crippen LogP contribution in [0.15, 0.2) is 0 Å². The molecule has 11 heavy (non-hydrogen) atoms. The summed E-state index contributed by atoms with van der Waals surface area (Å²) in [5.74, 6) is 0. The molecule has 0 atom stereocenters. The number of nitrogens with zero attached hydrogens (tertiary/aromatic N) is 1. The Kier molecular flexibility index (Phi) is 1.87. The van der Waals surface area contributed by atoms with E-state index in [2.05, 4.69) is 22.6 Å². The van der Waals surface area contributed by atoms with Crippen molar-refractivity contribution in [2.45, 2.75) is 18.4 Å². The SMILES string of the molecule is CN1CNCC12CCNCC2. The van der Waals surface area contributed by atoms with Crippen molar-refractivity contribution in [3.63, 3.8) is 0 Å². The summed E-state index contributed by atoms with van der Waals surface area (Å²) in [6, 6.07) is 0. The van der Waals surface area contributed by atoms with E-state index in [1.807, 2.05) is 0 Å². The molecule has 0 aromatic heterocycles. The van der Waals surface area contributed by atoms with Crippen molar-refractivity contribution in [2.75, 3.05) is 33.4 Å². The molecule has 2 fully saturated rings. The highest BCUT2D eigenvalue weighted by molar-refractivity contribution is 4.98. The molecule has 3 nitrogen and oxygen atoms in total. The zero-order chi connectivity index (χ0) is 7.73. The average molecular weight is 155 g/mol. The van der Waals surface area contributed by atoms with Gasteiger partial charge in [0.05, 0.1) is 0 Å². The van der Waals surface area contributed by atoms with Gasteiger partial charge in [-0.15, -0.1) is 0 Å². The predicted molar refractivity (Wildman–Crippen MR) is 45.5 cm³/mol. The molecule has 1 spiro atoms. The Labute approximate surface area is 68.1 Å². The average Bonchev–Trinajstić information content (AvgIpc) is 2.36. The van der Waals surface area contributed by atoms with Gasteiger partial charge in [0, 0.05) is 18.8 Å². The van der Waals surface area contributed by atoms with E-state index in [1.165, 1.54) is 32.5 Å². The summed E-state index contributed by atoms with van der Waals surface area (Å²) in [4.78, 5) is 2.47. The summed E-state index contributed by atoms with van der Waals surface area (Å²) in [5.41, 5.74) is 0.491. The number of likely N-dealkylation sites (N-methyl/N-ethyl adjacent to an activating group) is 1. The summed E-state index contributed by atoms with van der Waals surface area (Å²) >= 11 is 0. The lowest BCUT2D eigenvalue weighted by molar-refractivity contribution is 0.139. The van der Waals surface area contributed by atoms with Crippen LogP contribution in [-0.2, 0) is 0 Å². The fourth-order valence-corrected chi connectivity index (χ4v) is 2.21. The second-order valence-electron chi connectivity index (χ2n) is 3.76. The van der Waals surface area contributed by atoms with Crippen molar-refractivity contribution in [3.05, 3.63) is 0 Å². The number of piperidine rings is 1. The first-order valence-corrected chi connectivity index (χ1v) is 4.46. The van der Waals surface area contributed by atoms with Crippen LogP contribution < -0.4 is 10.6 Å². The molecule has 0 unspecified atom stereocenters. The Bertz CT molecular complexity index is 140. The molecule has 2 N–H and O–H groups in total. The summed E-state index contributed by atoms with van der Waals surface area (Å²) in [5, 5.41) is 6.83. The Morgan fingerprint density at radius 1 is 1.18 bits per heavy atom. The minimum atomic E-state index is 0.491. The normalized spacial score (nSPS) is 31.4. The molecule has 0 bridgehead atoms. The van der Waals surface area contributed by atoms with Gasteiger partial charge in [0.1, 0.15) is 0 Å².